The average Bonchev–Trinajstić information content (AvgIpc) is 3.25. The van der Waals surface area contributed by atoms with Crippen molar-refractivity contribution in [3.05, 3.63) is 48.4 Å². The summed E-state index contributed by atoms with van der Waals surface area (Å²) in [5.74, 6) is 0.146. The van der Waals surface area contributed by atoms with Crippen molar-refractivity contribution in [3.8, 4) is 5.69 Å². The Morgan fingerprint density at radius 3 is 2.52 bits per heavy atom. The minimum Gasteiger partial charge on any atom is -0.365 e. The number of anilines is 3. The number of primary amides is 1. The van der Waals surface area contributed by atoms with E-state index in [9.17, 15) is 4.79 Å². The van der Waals surface area contributed by atoms with Crippen LogP contribution in [0.15, 0.2) is 42.9 Å². The highest BCUT2D eigenvalue weighted by molar-refractivity contribution is 5.98. The van der Waals surface area contributed by atoms with Crippen LogP contribution in [0.4, 0.5) is 17.5 Å². The van der Waals surface area contributed by atoms with E-state index in [-0.39, 0.29) is 17.6 Å². The van der Waals surface area contributed by atoms with Crippen LogP contribution in [-0.2, 0) is 0 Å². The van der Waals surface area contributed by atoms with Gasteiger partial charge >= 0.3 is 0 Å². The number of nitrogens with one attached hydrogen (secondary N) is 2. The van der Waals surface area contributed by atoms with E-state index in [1.165, 1.54) is 11.0 Å². The Labute approximate surface area is 167 Å². The van der Waals surface area contributed by atoms with Crippen molar-refractivity contribution in [2.75, 3.05) is 10.6 Å². The molecular formula is C19H23N9O. The zero-order chi connectivity index (χ0) is 20.2. The molecule has 2 atom stereocenters. The third kappa shape index (κ3) is 4.32. The van der Waals surface area contributed by atoms with Crippen LogP contribution in [-0.4, -0.2) is 43.0 Å². The van der Waals surface area contributed by atoms with Crippen molar-refractivity contribution in [3.63, 3.8) is 0 Å². The lowest BCUT2D eigenvalue weighted by Crippen LogP contribution is -2.43. The highest BCUT2D eigenvalue weighted by Crippen LogP contribution is 2.23. The summed E-state index contributed by atoms with van der Waals surface area (Å²) >= 11 is 0. The van der Waals surface area contributed by atoms with Gasteiger partial charge in [0.2, 0.25) is 5.95 Å². The number of carbonyl (C=O) groups excluding carboxylic acids is 1. The van der Waals surface area contributed by atoms with Crippen molar-refractivity contribution in [1.29, 1.82) is 0 Å². The van der Waals surface area contributed by atoms with Crippen LogP contribution in [0.3, 0.4) is 0 Å². The third-order valence-corrected chi connectivity index (χ3v) is 4.97. The highest BCUT2D eigenvalue weighted by Gasteiger charge is 2.23. The Balaban J connectivity index is 1.55. The van der Waals surface area contributed by atoms with E-state index in [0.29, 0.717) is 11.8 Å². The fourth-order valence-electron chi connectivity index (χ4n) is 3.40. The van der Waals surface area contributed by atoms with Crippen molar-refractivity contribution < 1.29 is 4.79 Å². The molecule has 4 rings (SSSR count). The normalized spacial score (nSPS) is 18.9. The van der Waals surface area contributed by atoms with E-state index >= 15 is 0 Å². The number of hydrogen-bond acceptors (Lipinski definition) is 8. The molecule has 0 aliphatic heterocycles. The molecule has 1 aliphatic carbocycles. The fraction of sp³-hybridized carbons (Fsp3) is 0.316. The molecule has 2 heterocycles. The van der Waals surface area contributed by atoms with Gasteiger partial charge in [0.15, 0.2) is 0 Å². The molecule has 29 heavy (non-hydrogen) atoms. The summed E-state index contributed by atoms with van der Waals surface area (Å²) in [6.07, 6.45) is 8.84. The first-order valence-electron chi connectivity index (χ1n) is 9.53. The number of amides is 1. The van der Waals surface area contributed by atoms with Crippen LogP contribution in [0.5, 0.6) is 0 Å². The lowest BCUT2D eigenvalue weighted by Gasteiger charge is -2.29. The van der Waals surface area contributed by atoms with Crippen molar-refractivity contribution >= 4 is 23.4 Å². The van der Waals surface area contributed by atoms with Crippen LogP contribution >= 0.6 is 0 Å². The monoisotopic (exact) mass is 393 g/mol. The van der Waals surface area contributed by atoms with Gasteiger partial charge in [-0.3, -0.25) is 4.79 Å². The first-order valence-corrected chi connectivity index (χ1v) is 9.53. The molecule has 6 N–H and O–H groups in total. The molecule has 0 unspecified atom stereocenters. The molecule has 0 radical (unpaired) electrons. The number of hydrogen-bond donors (Lipinski definition) is 4. The lowest BCUT2D eigenvalue weighted by molar-refractivity contribution is 0.100. The van der Waals surface area contributed by atoms with Crippen molar-refractivity contribution in [2.24, 2.45) is 11.5 Å². The van der Waals surface area contributed by atoms with E-state index in [1.807, 2.05) is 24.3 Å². The fourth-order valence-corrected chi connectivity index (χ4v) is 3.40. The summed E-state index contributed by atoms with van der Waals surface area (Å²) in [5.41, 5.74) is 13.5. The van der Waals surface area contributed by atoms with E-state index in [1.54, 1.807) is 12.4 Å². The second-order valence-corrected chi connectivity index (χ2v) is 7.01. The van der Waals surface area contributed by atoms with Crippen LogP contribution in [0.25, 0.3) is 5.69 Å². The number of nitrogens with two attached hydrogens (primary N) is 2. The number of nitrogens with zero attached hydrogens (tertiary/aromatic N) is 5. The molecule has 0 saturated heterocycles. The van der Waals surface area contributed by atoms with E-state index in [0.717, 1.165) is 37.1 Å². The van der Waals surface area contributed by atoms with Gasteiger partial charge in [-0.05, 0) is 37.1 Å². The largest absolute Gasteiger partial charge is 0.365 e. The maximum absolute atomic E-state index is 11.8. The summed E-state index contributed by atoms with van der Waals surface area (Å²) in [6, 6.07) is 7.56. The first kappa shape index (κ1) is 18.8. The van der Waals surface area contributed by atoms with Crippen LogP contribution in [0.2, 0.25) is 0 Å². The van der Waals surface area contributed by atoms with Gasteiger partial charge in [-0.25, -0.2) is 4.98 Å². The zero-order valence-electron chi connectivity index (χ0n) is 15.8. The quantitative estimate of drug-likeness (QED) is 0.493. The molecular weight excluding hydrogens is 370 g/mol. The lowest BCUT2D eigenvalue weighted by atomic mass is 9.91. The maximum Gasteiger partial charge on any atom is 0.254 e. The van der Waals surface area contributed by atoms with E-state index in [2.05, 4.69) is 30.8 Å². The summed E-state index contributed by atoms with van der Waals surface area (Å²) in [5, 5.41) is 14.6. The van der Waals surface area contributed by atoms with Gasteiger partial charge in [-0.1, -0.05) is 12.8 Å². The molecule has 10 nitrogen and oxygen atoms in total. The Morgan fingerprint density at radius 1 is 1.10 bits per heavy atom. The molecule has 0 spiro atoms. The topological polar surface area (TPSA) is 150 Å². The van der Waals surface area contributed by atoms with Gasteiger partial charge < -0.3 is 22.1 Å². The SMILES string of the molecule is NC(=O)c1cnc(N[C@@H]2CCCC[C@@H]2N)nc1Nc1ccc(-n2nccn2)cc1. The standard InChI is InChI=1S/C19H23N9O/c20-15-3-1-2-4-16(15)26-19-22-11-14(17(21)29)18(27-19)25-12-5-7-13(8-6-12)28-23-9-10-24-28/h5-11,15-16H,1-4,20H2,(H2,21,29)(H2,22,25,26,27)/t15-,16+/m0/s1. The molecule has 1 amide bonds. The number of carbonyl (C=O) groups is 1. The van der Waals surface area contributed by atoms with Crippen molar-refractivity contribution in [2.45, 2.75) is 37.8 Å². The second-order valence-electron chi connectivity index (χ2n) is 7.01. The molecule has 0 bridgehead atoms. The zero-order valence-corrected chi connectivity index (χ0v) is 15.8. The number of aromatic nitrogens is 5. The molecule has 10 heteroatoms. The smallest absolute Gasteiger partial charge is 0.254 e. The van der Waals surface area contributed by atoms with Crippen molar-refractivity contribution in [1.82, 2.24) is 25.0 Å². The molecule has 1 fully saturated rings. The summed E-state index contributed by atoms with van der Waals surface area (Å²) in [6.45, 7) is 0. The van der Waals surface area contributed by atoms with E-state index in [4.69, 9.17) is 11.5 Å². The highest BCUT2D eigenvalue weighted by atomic mass is 16.1. The third-order valence-electron chi connectivity index (χ3n) is 4.97. The number of rotatable bonds is 6. The average molecular weight is 393 g/mol. The van der Waals surface area contributed by atoms with Gasteiger partial charge in [-0.15, -0.1) is 0 Å². The predicted octanol–water partition coefficient (Wildman–Crippen LogP) is 1.58. The minimum atomic E-state index is -0.606. The van der Waals surface area contributed by atoms with Crippen LogP contribution in [0.1, 0.15) is 36.0 Å². The summed E-state index contributed by atoms with van der Waals surface area (Å²) in [4.78, 5) is 22.0. The Bertz CT molecular complexity index is 972. The molecule has 3 aromatic rings. The van der Waals surface area contributed by atoms with Gasteiger partial charge in [-0.2, -0.15) is 20.0 Å². The summed E-state index contributed by atoms with van der Waals surface area (Å²) in [7, 11) is 0. The van der Waals surface area contributed by atoms with E-state index < -0.39 is 5.91 Å². The second kappa shape index (κ2) is 8.23. The Kier molecular flexibility index (Phi) is 5.34. The van der Waals surface area contributed by atoms with Gasteiger partial charge in [0, 0.05) is 24.0 Å². The van der Waals surface area contributed by atoms with Gasteiger partial charge in [0.05, 0.1) is 18.1 Å². The first-order chi connectivity index (χ1) is 14.1. The number of benzene rings is 1. The minimum absolute atomic E-state index is 0.0584. The molecule has 150 valence electrons. The Hall–Kier alpha value is -3.53. The molecule has 1 aromatic carbocycles. The Morgan fingerprint density at radius 2 is 1.83 bits per heavy atom. The summed E-state index contributed by atoms with van der Waals surface area (Å²) < 4.78 is 0. The predicted molar refractivity (Wildman–Crippen MR) is 109 cm³/mol. The van der Waals surface area contributed by atoms with Gasteiger partial charge in [0.25, 0.3) is 5.91 Å². The van der Waals surface area contributed by atoms with Crippen LogP contribution in [0, 0.1) is 0 Å². The van der Waals surface area contributed by atoms with Gasteiger partial charge in [0.1, 0.15) is 11.4 Å². The maximum atomic E-state index is 11.8. The molecule has 1 aliphatic rings. The van der Waals surface area contributed by atoms with Crippen LogP contribution < -0.4 is 22.1 Å². The molecule has 2 aromatic heterocycles. The molecule has 1 saturated carbocycles.